The minimum absolute atomic E-state index is 0.132. The normalized spacial score (nSPS) is 14.7. The van der Waals surface area contributed by atoms with E-state index in [0.717, 1.165) is 67.0 Å². The second kappa shape index (κ2) is 9.21. The van der Waals surface area contributed by atoms with Crippen molar-refractivity contribution in [3.8, 4) is 0 Å². The molecule has 1 aliphatic heterocycles. The molecule has 156 valence electrons. The molecule has 2 N–H and O–H groups in total. The average Bonchev–Trinajstić information content (AvgIpc) is 2.71. The van der Waals surface area contributed by atoms with Crippen molar-refractivity contribution in [2.45, 2.75) is 35.2 Å². The van der Waals surface area contributed by atoms with Crippen molar-refractivity contribution in [2.24, 2.45) is 0 Å². The van der Waals surface area contributed by atoms with Gasteiger partial charge in [0.15, 0.2) is 0 Å². The van der Waals surface area contributed by atoms with Gasteiger partial charge in [-0.1, -0.05) is 0 Å². The summed E-state index contributed by atoms with van der Waals surface area (Å²) in [7, 11) is 0. The Morgan fingerprint density at radius 3 is 2.41 bits per heavy atom. The quantitative estimate of drug-likeness (QED) is 0.408. The van der Waals surface area contributed by atoms with Crippen molar-refractivity contribution in [3.63, 3.8) is 0 Å². The van der Waals surface area contributed by atoms with Crippen LogP contribution in [0, 0.1) is 0 Å². The van der Waals surface area contributed by atoms with E-state index in [9.17, 15) is 23.1 Å². The Balaban J connectivity index is 1.92. The zero-order valence-corrected chi connectivity index (χ0v) is 17.4. The first-order chi connectivity index (χ1) is 13.8. The minimum atomic E-state index is -4.44. The first-order valence-electron chi connectivity index (χ1n) is 9.10. The van der Waals surface area contributed by atoms with Gasteiger partial charge in [-0.25, -0.2) is 4.79 Å². The molecular weight excluding hydrogens is 421 g/mol. The molecule has 0 amide bonds. The molecule has 1 saturated heterocycles. The molecule has 0 aromatic heterocycles. The molecule has 29 heavy (non-hydrogen) atoms. The summed E-state index contributed by atoms with van der Waals surface area (Å²) in [6, 6.07) is 8.49. The van der Waals surface area contributed by atoms with Gasteiger partial charge >= 0.3 is 12.1 Å². The molecule has 0 saturated carbocycles. The van der Waals surface area contributed by atoms with Crippen LogP contribution >= 0.6 is 23.7 Å². The first-order valence-corrected chi connectivity index (χ1v) is 11.1. The van der Waals surface area contributed by atoms with Crippen molar-refractivity contribution in [3.05, 3.63) is 47.5 Å². The van der Waals surface area contributed by atoms with Crippen LogP contribution in [-0.4, -0.2) is 30.4 Å². The van der Waals surface area contributed by atoms with E-state index in [4.69, 9.17) is 0 Å². The fourth-order valence-electron chi connectivity index (χ4n) is 3.20. The maximum atomic E-state index is 13.2. The number of anilines is 2. The zero-order valence-electron chi connectivity index (χ0n) is 15.8. The Morgan fingerprint density at radius 1 is 1.07 bits per heavy atom. The smallest absolute Gasteiger partial charge is 0.416 e. The number of thioether (sulfide) groups is 1. The molecule has 0 bridgehead atoms. The van der Waals surface area contributed by atoms with Gasteiger partial charge < -0.3 is 14.7 Å². The number of halogens is 3. The van der Waals surface area contributed by atoms with Gasteiger partial charge in [-0.2, -0.15) is 13.2 Å². The fourth-order valence-corrected chi connectivity index (χ4v) is 4.78. The number of benzene rings is 2. The summed E-state index contributed by atoms with van der Waals surface area (Å²) in [6.07, 6.45) is 0.557. The van der Waals surface area contributed by atoms with Crippen LogP contribution in [0.25, 0.3) is 0 Å². The molecule has 1 fully saturated rings. The van der Waals surface area contributed by atoms with Crippen LogP contribution in [0.4, 0.5) is 24.5 Å². The predicted molar refractivity (Wildman–Crippen MR) is 112 cm³/mol. The lowest BCUT2D eigenvalue weighted by atomic mass is 10.1. The van der Waals surface area contributed by atoms with Crippen LogP contribution in [0.15, 0.2) is 46.2 Å². The number of carboxylic acids is 1. The number of hydrogen-bond donors (Lipinski definition) is 2. The van der Waals surface area contributed by atoms with Crippen molar-refractivity contribution >= 4 is 41.1 Å². The van der Waals surface area contributed by atoms with E-state index in [-0.39, 0.29) is 5.56 Å². The number of nitrogens with zero attached hydrogens (tertiary/aromatic N) is 1. The van der Waals surface area contributed by atoms with Gasteiger partial charge in [-0.05, 0) is 73.9 Å². The maximum absolute atomic E-state index is 13.2. The molecule has 3 rings (SSSR count). The van der Waals surface area contributed by atoms with E-state index >= 15 is 0 Å². The van der Waals surface area contributed by atoms with Crippen LogP contribution in [-0.2, 0) is 6.18 Å². The molecule has 0 radical (unpaired) electrons. The molecule has 9 heteroatoms. The van der Waals surface area contributed by atoms with Crippen molar-refractivity contribution in [2.75, 3.05) is 29.0 Å². The number of alkyl halides is 3. The van der Waals surface area contributed by atoms with Gasteiger partial charge in [0.1, 0.15) is 0 Å². The third kappa shape index (κ3) is 5.33. The van der Waals surface area contributed by atoms with Crippen LogP contribution < -0.4 is 9.62 Å². The third-order valence-electron chi connectivity index (χ3n) is 4.70. The summed E-state index contributed by atoms with van der Waals surface area (Å²) in [5, 5.41) is 9.23. The Bertz CT molecular complexity index is 885. The number of piperidine rings is 1. The van der Waals surface area contributed by atoms with Crippen LogP contribution in [0.3, 0.4) is 0 Å². The lowest BCUT2D eigenvalue weighted by molar-refractivity contribution is -0.137. The number of rotatable bonds is 6. The Kier molecular flexibility index (Phi) is 6.89. The number of nitrogens with one attached hydrogen (secondary N) is 1. The van der Waals surface area contributed by atoms with Crippen LogP contribution in [0.1, 0.15) is 35.2 Å². The Hall–Kier alpha value is -2.00. The van der Waals surface area contributed by atoms with Crippen molar-refractivity contribution in [1.82, 2.24) is 0 Å². The number of carbonyl (C=O) groups is 1. The zero-order chi connectivity index (χ0) is 21.0. The Morgan fingerprint density at radius 2 is 1.79 bits per heavy atom. The second-order valence-corrected chi connectivity index (χ2v) is 8.35. The lowest BCUT2D eigenvalue weighted by Gasteiger charge is -2.31. The molecule has 0 spiro atoms. The Labute approximate surface area is 176 Å². The highest BCUT2D eigenvalue weighted by Crippen LogP contribution is 2.39. The van der Waals surface area contributed by atoms with Gasteiger partial charge in [0.25, 0.3) is 0 Å². The first kappa shape index (κ1) is 21.7. The van der Waals surface area contributed by atoms with Crippen LogP contribution in [0.2, 0.25) is 0 Å². The van der Waals surface area contributed by atoms with Crippen molar-refractivity contribution < 1.29 is 23.1 Å². The third-order valence-corrected chi connectivity index (χ3v) is 6.51. The summed E-state index contributed by atoms with van der Waals surface area (Å²) in [6.45, 7) is 1.60. The largest absolute Gasteiger partial charge is 0.478 e. The van der Waals surface area contributed by atoms with Crippen LogP contribution in [0.5, 0.6) is 0 Å². The maximum Gasteiger partial charge on any atom is 0.416 e. The van der Waals surface area contributed by atoms with E-state index in [1.807, 2.05) is 6.26 Å². The number of aromatic carboxylic acids is 1. The summed E-state index contributed by atoms with van der Waals surface area (Å²) in [4.78, 5) is 14.9. The molecule has 2 aromatic rings. The van der Waals surface area contributed by atoms with Crippen molar-refractivity contribution in [1.29, 1.82) is 0 Å². The average molecular weight is 443 g/mol. The van der Waals surface area contributed by atoms with E-state index in [1.54, 1.807) is 6.07 Å². The van der Waals surface area contributed by atoms with E-state index in [2.05, 4.69) is 9.62 Å². The summed E-state index contributed by atoms with van der Waals surface area (Å²) >= 11 is 2.57. The highest BCUT2D eigenvalue weighted by molar-refractivity contribution is 8.02. The monoisotopic (exact) mass is 442 g/mol. The van der Waals surface area contributed by atoms with E-state index < -0.39 is 17.7 Å². The summed E-state index contributed by atoms with van der Waals surface area (Å²) in [5.74, 6) is -1.05. The standard InChI is InChI=1S/C20H21F3N2O2S2/c1-28-17-8-5-13(19(26)27)11-18(17)29-24-15-12-14(20(21,22)23)6-7-16(15)25-9-3-2-4-10-25/h5-8,11-12,24H,2-4,9-10H2,1H3,(H,26,27). The van der Waals surface area contributed by atoms with Gasteiger partial charge in [0.2, 0.25) is 0 Å². The van der Waals surface area contributed by atoms with E-state index in [0.29, 0.717) is 10.6 Å². The topological polar surface area (TPSA) is 52.6 Å². The molecule has 2 aromatic carbocycles. The number of carboxylic acid groups (broad SMARTS) is 1. The molecule has 0 atom stereocenters. The highest BCUT2D eigenvalue weighted by Gasteiger charge is 2.31. The van der Waals surface area contributed by atoms with Gasteiger partial charge in [-0.15, -0.1) is 11.8 Å². The molecule has 4 nitrogen and oxygen atoms in total. The second-order valence-electron chi connectivity index (χ2n) is 6.65. The molecule has 0 aliphatic carbocycles. The lowest BCUT2D eigenvalue weighted by Crippen LogP contribution is -2.30. The fraction of sp³-hybridized carbons (Fsp3) is 0.350. The molecule has 0 unspecified atom stereocenters. The van der Waals surface area contributed by atoms with Gasteiger partial charge in [0.05, 0.1) is 22.5 Å². The minimum Gasteiger partial charge on any atom is -0.478 e. The van der Waals surface area contributed by atoms with Gasteiger partial charge in [-0.3, -0.25) is 0 Å². The van der Waals surface area contributed by atoms with E-state index in [1.165, 1.54) is 30.0 Å². The SMILES string of the molecule is CSc1ccc(C(=O)O)cc1SNc1cc(C(F)(F)F)ccc1N1CCCCC1. The predicted octanol–water partition coefficient (Wildman–Crippen LogP) is 6.24. The molecule has 1 aliphatic rings. The molecule has 1 heterocycles. The molecular formula is C20H21F3N2O2S2. The summed E-state index contributed by atoms with van der Waals surface area (Å²) < 4.78 is 42.8. The van der Waals surface area contributed by atoms with Gasteiger partial charge in [0, 0.05) is 22.9 Å². The highest BCUT2D eigenvalue weighted by atomic mass is 32.2. The summed E-state index contributed by atoms with van der Waals surface area (Å²) in [5.41, 5.74) is 0.517. The number of hydrogen-bond acceptors (Lipinski definition) is 5.